The number of carbonyl (C=O) groups is 1. The molecule has 2 aliphatic heterocycles. The number of halogens is 2. The minimum Gasteiger partial charge on any atom is -0.490 e. The van der Waals surface area contributed by atoms with E-state index in [1.165, 1.54) is 16.8 Å². The van der Waals surface area contributed by atoms with Crippen LogP contribution in [0.5, 0.6) is 11.5 Å². The Kier molecular flexibility index (Phi) is 6.98. The predicted molar refractivity (Wildman–Crippen MR) is 132 cm³/mol. The van der Waals surface area contributed by atoms with Crippen LogP contribution in [-0.2, 0) is 4.79 Å². The highest BCUT2D eigenvalue weighted by molar-refractivity contribution is 9.09. The van der Waals surface area contributed by atoms with Crippen LogP contribution in [0.1, 0.15) is 18.1 Å². The molecule has 32 heavy (non-hydrogen) atoms. The Bertz CT molecular complexity index is 1180. The molecule has 0 atom stereocenters. The molecule has 0 radical (unpaired) electrons. The number of thioether (sulfide) groups is 1. The van der Waals surface area contributed by atoms with E-state index in [0.717, 1.165) is 5.56 Å². The number of hydrogen-bond donors (Lipinski definition) is 1. The number of carbonyl (C=O) groups excluding carboxylic acids is 1. The van der Waals surface area contributed by atoms with Crippen LogP contribution >= 0.6 is 39.3 Å². The fraction of sp³-hybridized carbons (Fsp3) is 0.182. The predicted octanol–water partition coefficient (Wildman–Crippen LogP) is 5.18. The Labute approximate surface area is 202 Å². The fourth-order valence-corrected chi connectivity index (χ4v) is 4.43. The van der Waals surface area contributed by atoms with Crippen LogP contribution in [0.15, 0.2) is 58.1 Å². The number of aliphatic imine (C=N–C) groups is 1. The van der Waals surface area contributed by atoms with Gasteiger partial charge in [-0.25, -0.2) is 0 Å². The average Bonchev–Trinajstić information content (AvgIpc) is 3.20. The van der Waals surface area contributed by atoms with Crippen molar-refractivity contribution < 1.29 is 14.3 Å². The first-order valence-electron chi connectivity index (χ1n) is 9.72. The number of nitrogens with one attached hydrogen (secondary N) is 1. The third-order valence-corrected chi connectivity index (χ3v) is 6.07. The Morgan fingerprint density at radius 1 is 1.22 bits per heavy atom. The van der Waals surface area contributed by atoms with E-state index in [9.17, 15) is 4.79 Å². The van der Waals surface area contributed by atoms with Gasteiger partial charge in [0.2, 0.25) is 5.17 Å². The standard InChI is InChI=1S/C22H18BrClN4O3S/c1-2-30-18-12-13(7-8-17(18)31-10-9-23)11-15-19(25)28-22(26-20(15)29)32-21(27-28)14-5-3-4-6-16(14)24/h3-8,11-12,25H,2,9-10H2,1H3/b15-11-,25-19?. The number of amides is 1. The van der Waals surface area contributed by atoms with Crippen LogP contribution in [0, 0.1) is 5.41 Å². The van der Waals surface area contributed by atoms with E-state index >= 15 is 0 Å². The normalized spacial score (nSPS) is 16.7. The van der Waals surface area contributed by atoms with Gasteiger partial charge in [-0.15, -0.1) is 0 Å². The van der Waals surface area contributed by atoms with Gasteiger partial charge in [0.05, 0.1) is 23.8 Å². The molecule has 2 aliphatic rings. The molecule has 1 amide bonds. The van der Waals surface area contributed by atoms with Crippen molar-refractivity contribution in [3.63, 3.8) is 0 Å². The molecule has 10 heteroatoms. The second-order valence-corrected chi connectivity index (χ2v) is 8.74. The minimum atomic E-state index is -0.498. The summed E-state index contributed by atoms with van der Waals surface area (Å²) >= 11 is 10.8. The van der Waals surface area contributed by atoms with Gasteiger partial charge < -0.3 is 9.47 Å². The molecular weight excluding hydrogens is 516 g/mol. The van der Waals surface area contributed by atoms with Crippen molar-refractivity contribution in [2.75, 3.05) is 18.5 Å². The summed E-state index contributed by atoms with van der Waals surface area (Å²) < 4.78 is 11.4. The van der Waals surface area contributed by atoms with Gasteiger partial charge in [0, 0.05) is 10.9 Å². The average molecular weight is 534 g/mol. The molecule has 0 aromatic heterocycles. The molecule has 164 valence electrons. The number of nitrogens with zero attached hydrogens (tertiary/aromatic N) is 3. The second kappa shape index (κ2) is 9.89. The van der Waals surface area contributed by atoms with Crippen LogP contribution in [0.3, 0.4) is 0 Å². The van der Waals surface area contributed by atoms with E-state index in [0.29, 0.717) is 50.8 Å². The lowest BCUT2D eigenvalue weighted by molar-refractivity contribution is -0.114. The fourth-order valence-electron chi connectivity index (χ4n) is 3.05. The summed E-state index contributed by atoms with van der Waals surface area (Å²) in [7, 11) is 0. The molecule has 0 saturated heterocycles. The Balaban J connectivity index is 1.65. The monoisotopic (exact) mass is 532 g/mol. The number of amidine groups is 2. The first kappa shape index (κ1) is 22.6. The first-order valence-corrected chi connectivity index (χ1v) is 12.0. The van der Waals surface area contributed by atoms with Crippen molar-refractivity contribution in [3.8, 4) is 11.5 Å². The maximum absolute atomic E-state index is 12.7. The molecule has 0 bridgehead atoms. The number of hydrazone groups is 1. The highest BCUT2D eigenvalue weighted by Gasteiger charge is 2.36. The van der Waals surface area contributed by atoms with Gasteiger partial charge in [-0.1, -0.05) is 51.8 Å². The van der Waals surface area contributed by atoms with E-state index in [2.05, 4.69) is 26.0 Å². The molecule has 0 fully saturated rings. The van der Waals surface area contributed by atoms with E-state index in [1.807, 2.05) is 25.1 Å². The third-order valence-electron chi connectivity index (χ3n) is 4.47. The highest BCUT2D eigenvalue weighted by atomic mass is 79.9. The molecule has 7 nitrogen and oxygen atoms in total. The maximum Gasteiger partial charge on any atom is 0.283 e. The quantitative estimate of drug-likeness (QED) is 0.391. The summed E-state index contributed by atoms with van der Waals surface area (Å²) in [6.45, 7) is 2.85. The van der Waals surface area contributed by atoms with Crippen LogP contribution in [0.4, 0.5) is 0 Å². The molecule has 0 aliphatic carbocycles. The van der Waals surface area contributed by atoms with Gasteiger partial charge in [-0.05, 0) is 48.5 Å². The van der Waals surface area contributed by atoms with Gasteiger partial charge in [0.15, 0.2) is 17.3 Å². The Hall–Kier alpha value is -2.62. The second-order valence-electron chi connectivity index (χ2n) is 6.58. The van der Waals surface area contributed by atoms with Gasteiger partial charge in [-0.2, -0.15) is 15.1 Å². The van der Waals surface area contributed by atoms with Crippen LogP contribution in [0.25, 0.3) is 6.08 Å². The zero-order valence-corrected chi connectivity index (χ0v) is 20.1. The number of rotatable bonds is 7. The number of alkyl halides is 1. The highest BCUT2D eigenvalue weighted by Crippen LogP contribution is 2.34. The Morgan fingerprint density at radius 2 is 2.03 bits per heavy atom. The number of benzene rings is 2. The molecule has 0 spiro atoms. The number of fused-ring (bicyclic) bond motifs is 1. The van der Waals surface area contributed by atoms with Gasteiger partial charge in [0.25, 0.3) is 5.91 Å². The van der Waals surface area contributed by atoms with Gasteiger partial charge in [-0.3, -0.25) is 10.2 Å². The third kappa shape index (κ3) is 4.60. The van der Waals surface area contributed by atoms with Crippen molar-refractivity contribution in [3.05, 3.63) is 64.2 Å². The minimum absolute atomic E-state index is 0.0490. The Morgan fingerprint density at radius 3 is 2.78 bits per heavy atom. The van der Waals surface area contributed by atoms with E-state index < -0.39 is 5.91 Å². The molecule has 0 unspecified atom stereocenters. The van der Waals surface area contributed by atoms with E-state index in [-0.39, 0.29) is 11.4 Å². The number of hydrogen-bond acceptors (Lipinski definition) is 6. The largest absolute Gasteiger partial charge is 0.490 e. The van der Waals surface area contributed by atoms with E-state index in [4.69, 9.17) is 26.5 Å². The summed E-state index contributed by atoms with van der Waals surface area (Å²) in [5, 5.41) is 16.6. The van der Waals surface area contributed by atoms with Crippen molar-refractivity contribution in [2.45, 2.75) is 6.92 Å². The summed E-state index contributed by atoms with van der Waals surface area (Å²) in [5.41, 5.74) is 1.55. The molecule has 2 aromatic rings. The van der Waals surface area contributed by atoms with Crippen molar-refractivity contribution >= 4 is 67.3 Å². The van der Waals surface area contributed by atoms with Crippen LogP contribution in [0.2, 0.25) is 5.02 Å². The maximum atomic E-state index is 12.7. The van der Waals surface area contributed by atoms with Crippen LogP contribution in [-0.4, -0.2) is 45.5 Å². The topological polar surface area (TPSA) is 87.3 Å². The SMILES string of the molecule is CCOc1cc(/C=C2/C(=N)N3N=C(c4ccccc4Cl)SC3=NC2=O)ccc1OCCBr. The van der Waals surface area contributed by atoms with Crippen molar-refractivity contribution in [1.29, 1.82) is 5.41 Å². The molecule has 2 heterocycles. The summed E-state index contributed by atoms with van der Waals surface area (Å²) in [6, 6.07) is 12.6. The van der Waals surface area contributed by atoms with Gasteiger partial charge in [0.1, 0.15) is 5.04 Å². The molecule has 4 rings (SSSR count). The summed E-state index contributed by atoms with van der Waals surface area (Å²) in [6.07, 6.45) is 1.61. The molecule has 0 saturated carbocycles. The van der Waals surface area contributed by atoms with E-state index in [1.54, 1.807) is 30.3 Å². The molecule has 2 aromatic carbocycles. The smallest absolute Gasteiger partial charge is 0.283 e. The summed E-state index contributed by atoms with van der Waals surface area (Å²) in [5.74, 6) is 0.635. The van der Waals surface area contributed by atoms with Crippen molar-refractivity contribution in [2.24, 2.45) is 10.1 Å². The molecule has 1 N–H and O–H groups in total. The zero-order chi connectivity index (χ0) is 22.7. The lowest BCUT2D eigenvalue weighted by Crippen LogP contribution is -2.35. The lowest BCUT2D eigenvalue weighted by atomic mass is 10.1. The molecular formula is C22H18BrClN4O3S. The lowest BCUT2D eigenvalue weighted by Gasteiger charge is -2.20. The zero-order valence-electron chi connectivity index (χ0n) is 17.0. The number of ether oxygens (including phenoxy) is 2. The van der Waals surface area contributed by atoms with Crippen LogP contribution < -0.4 is 9.47 Å². The van der Waals surface area contributed by atoms with Gasteiger partial charge >= 0.3 is 0 Å². The first-order chi connectivity index (χ1) is 15.5. The van der Waals surface area contributed by atoms with Crippen molar-refractivity contribution in [1.82, 2.24) is 5.01 Å². The summed E-state index contributed by atoms with van der Waals surface area (Å²) in [4.78, 5) is 16.8.